The normalized spacial score (nSPS) is 10.2. The summed E-state index contributed by atoms with van der Waals surface area (Å²) in [6.07, 6.45) is 2.26. The molecule has 2 N–H and O–H groups in total. The first-order chi connectivity index (χ1) is 5.61. The van der Waals surface area contributed by atoms with Gasteiger partial charge in [0.25, 0.3) is 0 Å². The van der Waals surface area contributed by atoms with Crippen LogP contribution in [-0.2, 0) is 9.59 Å². The monoisotopic (exact) mass is 170 g/mol. The molecular weight excluding hydrogens is 156 g/mol. The smallest absolute Gasteiger partial charge is 0.246 e. The summed E-state index contributed by atoms with van der Waals surface area (Å²) < 4.78 is 0. The Balaban J connectivity index is 4.10. The van der Waals surface area contributed by atoms with Crippen LogP contribution in [0.5, 0.6) is 0 Å². The van der Waals surface area contributed by atoms with Gasteiger partial charge in [0.05, 0.1) is 0 Å². The summed E-state index contributed by atoms with van der Waals surface area (Å²) in [6.45, 7) is 5.02. The van der Waals surface area contributed by atoms with E-state index in [1.54, 1.807) is 4.90 Å². The number of amides is 2. The van der Waals surface area contributed by atoms with E-state index in [1.807, 2.05) is 13.8 Å². The average molecular weight is 170 g/mol. The maximum absolute atomic E-state index is 11.1. The number of primary amides is 1. The molecule has 0 aromatic heterocycles. The second-order valence-corrected chi connectivity index (χ2v) is 2.25. The minimum absolute atomic E-state index is 0.182. The molecule has 0 spiro atoms. The van der Waals surface area contributed by atoms with Crippen LogP contribution >= 0.6 is 0 Å². The molecule has 0 saturated carbocycles. The molecule has 0 unspecified atom stereocenters. The first-order valence-corrected chi connectivity index (χ1v) is 3.88. The predicted octanol–water partition coefficient (Wildman–Crippen LogP) is -0.104. The SMILES string of the molecule is CCN(CC)C(=O)/C=C\C(N)=O. The van der Waals surface area contributed by atoms with Gasteiger partial charge in [-0.1, -0.05) is 0 Å². The van der Waals surface area contributed by atoms with E-state index in [2.05, 4.69) is 0 Å². The zero-order valence-electron chi connectivity index (χ0n) is 7.41. The average Bonchev–Trinajstić information content (AvgIpc) is 2.03. The second kappa shape index (κ2) is 5.35. The van der Waals surface area contributed by atoms with Crippen molar-refractivity contribution in [2.24, 2.45) is 5.73 Å². The van der Waals surface area contributed by atoms with E-state index in [4.69, 9.17) is 5.73 Å². The Labute approximate surface area is 72.0 Å². The van der Waals surface area contributed by atoms with Gasteiger partial charge in [0.15, 0.2) is 0 Å². The molecule has 0 fully saturated rings. The highest BCUT2D eigenvalue weighted by Gasteiger charge is 2.04. The summed E-state index contributed by atoms with van der Waals surface area (Å²) in [5, 5.41) is 0. The Morgan fingerprint density at radius 2 is 1.75 bits per heavy atom. The summed E-state index contributed by atoms with van der Waals surface area (Å²) in [6, 6.07) is 0. The van der Waals surface area contributed by atoms with Crippen LogP contribution in [0.4, 0.5) is 0 Å². The molecule has 0 aromatic carbocycles. The van der Waals surface area contributed by atoms with Crippen LogP contribution in [0, 0.1) is 0 Å². The molecule has 0 atom stereocenters. The first-order valence-electron chi connectivity index (χ1n) is 3.88. The number of hydrogen-bond acceptors (Lipinski definition) is 2. The van der Waals surface area contributed by atoms with Crippen LogP contribution in [0.2, 0.25) is 0 Å². The van der Waals surface area contributed by atoms with Crippen molar-refractivity contribution in [1.29, 1.82) is 0 Å². The lowest BCUT2D eigenvalue weighted by Crippen LogP contribution is -2.29. The largest absolute Gasteiger partial charge is 0.366 e. The topological polar surface area (TPSA) is 63.4 Å². The standard InChI is InChI=1S/C8H14N2O2/c1-3-10(4-2)8(12)6-5-7(9)11/h5-6H,3-4H2,1-2H3,(H2,9,11)/b6-5-. The third-order valence-electron chi connectivity index (χ3n) is 1.47. The van der Waals surface area contributed by atoms with Crippen molar-refractivity contribution in [2.75, 3.05) is 13.1 Å². The van der Waals surface area contributed by atoms with E-state index >= 15 is 0 Å². The van der Waals surface area contributed by atoms with Gasteiger partial charge in [0.1, 0.15) is 0 Å². The van der Waals surface area contributed by atoms with Crippen LogP contribution in [0.3, 0.4) is 0 Å². The lowest BCUT2D eigenvalue weighted by Gasteiger charge is -2.15. The minimum Gasteiger partial charge on any atom is -0.366 e. The van der Waals surface area contributed by atoms with E-state index in [0.717, 1.165) is 6.08 Å². The Morgan fingerprint density at radius 1 is 1.25 bits per heavy atom. The molecular formula is C8H14N2O2. The van der Waals surface area contributed by atoms with Gasteiger partial charge >= 0.3 is 0 Å². The zero-order valence-corrected chi connectivity index (χ0v) is 7.41. The molecule has 0 aliphatic heterocycles. The van der Waals surface area contributed by atoms with Crippen molar-refractivity contribution in [2.45, 2.75) is 13.8 Å². The molecule has 0 aliphatic carbocycles. The van der Waals surface area contributed by atoms with E-state index in [9.17, 15) is 9.59 Å². The van der Waals surface area contributed by atoms with Gasteiger partial charge in [0.2, 0.25) is 11.8 Å². The highest BCUT2D eigenvalue weighted by molar-refractivity contribution is 5.95. The van der Waals surface area contributed by atoms with Gasteiger partial charge in [-0.2, -0.15) is 0 Å². The molecule has 4 nitrogen and oxygen atoms in total. The van der Waals surface area contributed by atoms with Crippen LogP contribution in [-0.4, -0.2) is 29.8 Å². The highest BCUT2D eigenvalue weighted by Crippen LogP contribution is 1.89. The third kappa shape index (κ3) is 3.75. The summed E-state index contributed by atoms with van der Waals surface area (Å²) >= 11 is 0. The molecule has 2 amide bonds. The van der Waals surface area contributed by atoms with Gasteiger partial charge in [-0.3, -0.25) is 9.59 Å². The van der Waals surface area contributed by atoms with Crippen molar-refractivity contribution >= 4 is 11.8 Å². The molecule has 0 aliphatic rings. The summed E-state index contributed by atoms with van der Waals surface area (Å²) in [5.41, 5.74) is 4.83. The molecule has 0 saturated heterocycles. The van der Waals surface area contributed by atoms with Crippen LogP contribution < -0.4 is 5.73 Å². The number of likely N-dealkylation sites (N-methyl/N-ethyl adjacent to an activating group) is 1. The lowest BCUT2D eigenvalue weighted by atomic mass is 10.4. The van der Waals surface area contributed by atoms with Gasteiger partial charge in [-0.25, -0.2) is 0 Å². The number of nitrogens with zero attached hydrogens (tertiary/aromatic N) is 1. The molecule has 12 heavy (non-hydrogen) atoms. The fourth-order valence-electron chi connectivity index (χ4n) is 0.794. The summed E-state index contributed by atoms with van der Waals surface area (Å²) in [7, 11) is 0. The van der Waals surface area contributed by atoms with Crippen molar-refractivity contribution < 1.29 is 9.59 Å². The van der Waals surface area contributed by atoms with Crippen molar-refractivity contribution in [3.63, 3.8) is 0 Å². The Kier molecular flexibility index (Phi) is 4.76. The Bertz CT molecular complexity index is 195. The van der Waals surface area contributed by atoms with Gasteiger partial charge < -0.3 is 10.6 Å². The molecule has 0 radical (unpaired) electrons. The maximum atomic E-state index is 11.1. The number of hydrogen-bond donors (Lipinski definition) is 1. The number of carbonyl (C=O) groups excluding carboxylic acids is 2. The van der Waals surface area contributed by atoms with E-state index in [-0.39, 0.29) is 5.91 Å². The van der Waals surface area contributed by atoms with E-state index < -0.39 is 5.91 Å². The summed E-state index contributed by atoms with van der Waals surface area (Å²) in [4.78, 5) is 23.0. The second-order valence-electron chi connectivity index (χ2n) is 2.25. The quantitative estimate of drug-likeness (QED) is 0.599. The zero-order chi connectivity index (χ0) is 9.56. The van der Waals surface area contributed by atoms with Gasteiger partial charge in [-0.15, -0.1) is 0 Å². The van der Waals surface area contributed by atoms with Crippen molar-refractivity contribution in [1.82, 2.24) is 4.90 Å². The number of nitrogens with two attached hydrogens (primary N) is 1. The summed E-state index contributed by atoms with van der Waals surface area (Å²) in [5.74, 6) is -0.783. The first kappa shape index (κ1) is 10.7. The van der Waals surface area contributed by atoms with Crippen molar-refractivity contribution in [3.8, 4) is 0 Å². The number of carbonyl (C=O) groups is 2. The third-order valence-corrected chi connectivity index (χ3v) is 1.47. The number of rotatable bonds is 4. The Hall–Kier alpha value is -1.32. The molecule has 68 valence electrons. The van der Waals surface area contributed by atoms with Crippen molar-refractivity contribution in [3.05, 3.63) is 12.2 Å². The van der Waals surface area contributed by atoms with Gasteiger partial charge in [-0.05, 0) is 13.8 Å². The molecule has 0 heterocycles. The Morgan fingerprint density at radius 3 is 2.08 bits per heavy atom. The fourth-order valence-corrected chi connectivity index (χ4v) is 0.794. The fraction of sp³-hybridized carbons (Fsp3) is 0.500. The molecule has 4 heteroatoms. The molecule has 0 rings (SSSR count). The maximum Gasteiger partial charge on any atom is 0.246 e. The van der Waals surface area contributed by atoms with Gasteiger partial charge in [0, 0.05) is 25.2 Å². The highest BCUT2D eigenvalue weighted by atomic mass is 16.2. The lowest BCUT2D eigenvalue weighted by molar-refractivity contribution is -0.126. The molecule has 0 bridgehead atoms. The predicted molar refractivity (Wildman–Crippen MR) is 46.3 cm³/mol. The minimum atomic E-state index is -0.601. The van der Waals surface area contributed by atoms with E-state index in [1.165, 1.54) is 6.08 Å². The molecule has 0 aromatic rings. The van der Waals surface area contributed by atoms with Crippen LogP contribution in [0.1, 0.15) is 13.8 Å². The van der Waals surface area contributed by atoms with Crippen LogP contribution in [0.15, 0.2) is 12.2 Å². The van der Waals surface area contributed by atoms with Crippen LogP contribution in [0.25, 0.3) is 0 Å². The van der Waals surface area contributed by atoms with E-state index in [0.29, 0.717) is 13.1 Å².